The van der Waals surface area contributed by atoms with Gasteiger partial charge in [0, 0.05) is 16.5 Å². The Bertz CT molecular complexity index is 199. The molecule has 1 fully saturated rings. The summed E-state index contributed by atoms with van der Waals surface area (Å²) in [5.41, 5.74) is 0. The van der Waals surface area contributed by atoms with Gasteiger partial charge in [0.15, 0.2) is 0 Å². The summed E-state index contributed by atoms with van der Waals surface area (Å²) in [6, 6.07) is 0.664. The summed E-state index contributed by atoms with van der Waals surface area (Å²) >= 11 is 1.99. The SMILES string of the molecule is CCCNC1CCC(CC)CC1SC(C)CO. The fraction of sp³-hybridized carbons (Fsp3) is 1.00. The maximum absolute atomic E-state index is 9.21. The molecule has 1 aliphatic rings. The van der Waals surface area contributed by atoms with Gasteiger partial charge >= 0.3 is 0 Å². The fourth-order valence-electron chi connectivity index (χ4n) is 2.64. The molecule has 4 unspecified atom stereocenters. The molecule has 0 aromatic carbocycles. The van der Waals surface area contributed by atoms with Crippen LogP contribution in [-0.4, -0.2) is 34.8 Å². The Labute approximate surface area is 111 Å². The van der Waals surface area contributed by atoms with E-state index in [0.717, 1.165) is 12.5 Å². The van der Waals surface area contributed by atoms with Gasteiger partial charge in [-0.1, -0.05) is 27.2 Å². The van der Waals surface area contributed by atoms with Gasteiger partial charge in [0.2, 0.25) is 0 Å². The van der Waals surface area contributed by atoms with Crippen molar-refractivity contribution in [2.24, 2.45) is 5.92 Å². The molecule has 0 aromatic heterocycles. The summed E-state index contributed by atoms with van der Waals surface area (Å²) in [5.74, 6) is 0.901. The summed E-state index contributed by atoms with van der Waals surface area (Å²) in [7, 11) is 0. The summed E-state index contributed by atoms with van der Waals surface area (Å²) < 4.78 is 0. The van der Waals surface area contributed by atoms with Crippen molar-refractivity contribution in [3.63, 3.8) is 0 Å². The van der Waals surface area contributed by atoms with Gasteiger partial charge in [-0.15, -0.1) is 0 Å². The van der Waals surface area contributed by atoms with Crippen LogP contribution < -0.4 is 5.32 Å². The monoisotopic (exact) mass is 259 g/mol. The average Bonchev–Trinajstić information content (AvgIpc) is 2.36. The molecule has 1 rings (SSSR count). The Hall–Kier alpha value is 0.270. The highest BCUT2D eigenvalue weighted by Gasteiger charge is 2.30. The predicted octanol–water partition coefficient (Wildman–Crippen LogP) is 3.05. The first-order valence-electron chi connectivity index (χ1n) is 7.20. The highest BCUT2D eigenvalue weighted by molar-refractivity contribution is 8.00. The van der Waals surface area contributed by atoms with Crippen LogP contribution in [0.1, 0.15) is 52.9 Å². The summed E-state index contributed by atoms with van der Waals surface area (Å²) in [6.07, 6.45) is 6.54. The van der Waals surface area contributed by atoms with Gasteiger partial charge < -0.3 is 10.4 Å². The van der Waals surface area contributed by atoms with E-state index in [1.54, 1.807) is 0 Å². The average molecular weight is 259 g/mol. The Balaban J connectivity index is 2.48. The van der Waals surface area contributed by atoms with Gasteiger partial charge in [0.25, 0.3) is 0 Å². The van der Waals surface area contributed by atoms with E-state index in [2.05, 4.69) is 26.1 Å². The number of aliphatic hydroxyl groups excluding tert-OH is 1. The zero-order chi connectivity index (χ0) is 12.7. The normalized spacial score (nSPS) is 31.4. The van der Waals surface area contributed by atoms with Crippen molar-refractivity contribution in [1.29, 1.82) is 0 Å². The van der Waals surface area contributed by atoms with Crippen LogP contribution in [0.15, 0.2) is 0 Å². The van der Waals surface area contributed by atoms with E-state index in [1.165, 1.54) is 32.1 Å². The Morgan fingerprint density at radius 3 is 2.71 bits per heavy atom. The fourth-order valence-corrected chi connectivity index (χ4v) is 4.13. The van der Waals surface area contributed by atoms with Gasteiger partial charge in [0.05, 0.1) is 6.61 Å². The van der Waals surface area contributed by atoms with E-state index in [9.17, 15) is 5.11 Å². The van der Waals surface area contributed by atoms with Gasteiger partial charge in [-0.25, -0.2) is 0 Å². The molecule has 0 aromatic rings. The molecule has 3 heteroatoms. The lowest BCUT2D eigenvalue weighted by Crippen LogP contribution is -2.43. The molecular weight excluding hydrogens is 230 g/mol. The smallest absolute Gasteiger partial charge is 0.0547 e. The molecule has 0 spiro atoms. The molecule has 0 bridgehead atoms. The third-order valence-electron chi connectivity index (χ3n) is 3.80. The van der Waals surface area contributed by atoms with E-state index in [0.29, 0.717) is 23.1 Å². The molecule has 1 saturated carbocycles. The lowest BCUT2D eigenvalue weighted by atomic mass is 9.84. The number of hydrogen-bond acceptors (Lipinski definition) is 3. The molecule has 1 aliphatic carbocycles. The van der Waals surface area contributed by atoms with Crippen molar-refractivity contribution in [3.8, 4) is 0 Å². The van der Waals surface area contributed by atoms with Crippen LogP contribution >= 0.6 is 11.8 Å². The van der Waals surface area contributed by atoms with E-state index in [4.69, 9.17) is 0 Å². The van der Waals surface area contributed by atoms with Crippen molar-refractivity contribution in [3.05, 3.63) is 0 Å². The first-order chi connectivity index (χ1) is 8.21. The van der Waals surface area contributed by atoms with Crippen LogP contribution in [0, 0.1) is 5.92 Å². The second-order valence-corrected chi connectivity index (χ2v) is 7.00. The largest absolute Gasteiger partial charge is 0.395 e. The minimum atomic E-state index is 0.304. The maximum Gasteiger partial charge on any atom is 0.0547 e. The Morgan fingerprint density at radius 1 is 1.35 bits per heavy atom. The zero-order valence-corrected chi connectivity index (χ0v) is 12.4. The van der Waals surface area contributed by atoms with Crippen molar-refractivity contribution in [1.82, 2.24) is 5.32 Å². The molecule has 0 radical (unpaired) electrons. The van der Waals surface area contributed by atoms with Crippen LogP contribution in [0.4, 0.5) is 0 Å². The van der Waals surface area contributed by atoms with E-state index in [-0.39, 0.29) is 0 Å². The molecule has 0 saturated heterocycles. The van der Waals surface area contributed by atoms with Crippen molar-refractivity contribution in [2.45, 2.75) is 69.4 Å². The van der Waals surface area contributed by atoms with Crippen molar-refractivity contribution < 1.29 is 5.11 Å². The number of thioether (sulfide) groups is 1. The second-order valence-electron chi connectivity index (χ2n) is 5.32. The zero-order valence-electron chi connectivity index (χ0n) is 11.6. The van der Waals surface area contributed by atoms with Gasteiger partial charge in [-0.3, -0.25) is 0 Å². The molecule has 0 heterocycles. The Morgan fingerprint density at radius 2 is 2.12 bits per heavy atom. The van der Waals surface area contributed by atoms with Crippen molar-refractivity contribution in [2.75, 3.05) is 13.2 Å². The first kappa shape index (κ1) is 15.3. The molecule has 17 heavy (non-hydrogen) atoms. The third-order valence-corrected chi connectivity index (χ3v) is 5.28. The number of hydrogen-bond donors (Lipinski definition) is 2. The minimum absolute atomic E-state index is 0.304. The number of nitrogens with one attached hydrogen (secondary N) is 1. The van der Waals surface area contributed by atoms with E-state index >= 15 is 0 Å². The summed E-state index contributed by atoms with van der Waals surface area (Å²) in [5, 5.41) is 14.0. The standard InChI is InChI=1S/C14H29NOS/c1-4-8-15-13-7-6-12(5-2)9-14(13)17-11(3)10-16/h11-16H,4-10H2,1-3H3. The highest BCUT2D eigenvalue weighted by Crippen LogP contribution is 2.35. The first-order valence-corrected chi connectivity index (χ1v) is 8.15. The van der Waals surface area contributed by atoms with Crippen LogP contribution in [0.5, 0.6) is 0 Å². The van der Waals surface area contributed by atoms with Crippen LogP contribution in [0.3, 0.4) is 0 Å². The third kappa shape index (κ3) is 5.19. The minimum Gasteiger partial charge on any atom is -0.395 e. The van der Waals surface area contributed by atoms with Crippen LogP contribution in [0.2, 0.25) is 0 Å². The number of rotatable bonds is 7. The second kappa shape index (κ2) is 8.39. The molecule has 0 aliphatic heterocycles. The quantitative estimate of drug-likeness (QED) is 0.737. The van der Waals surface area contributed by atoms with Crippen molar-refractivity contribution >= 4 is 11.8 Å². The summed E-state index contributed by atoms with van der Waals surface area (Å²) in [4.78, 5) is 0. The van der Waals surface area contributed by atoms with Gasteiger partial charge in [-0.2, -0.15) is 11.8 Å². The number of aliphatic hydroxyl groups is 1. The van der Waals surface area contributed by atoms with Gasteiger partial charge in [-0.05, 0) is 38.1 Å². The highest BCUT2D eigenvalue weighted by atomic mass is 32.2. The Kier molecular flexibility index (Phi) is 7.56. The lowest BCUT2D eigenvalue weighted by molar-refractivity contribution is 0.287. The van der Waals surface area contributed by atoms with E-state index in [1.807, 2.05) is 11.8 Å². The molecule has 4 atom stereocenters. The van der Waals surface area contributed by atoms with Crippen LogP contribution in [-0.2, 0) is 0 Å². The topological polar surface area (TPSA) is 32.3 Å². The van der Waals surface area contributed by atoms with Gasteiger partial charge in [0.1, 0.15) is 0 Å². The molecule has 2 N–H and O–H groups in total. The molecule has 102 valence electrons. The molecule has 0 amide bonds. The lowest BCUT2D eigenvalue weighted by Gasteiger charge is -2.37. The molecule has 2 nitrogen and oxygen atoms in total. The molecular formula is C14H29NOS. The predicted molar refractivity (Wildman–Crippen MR) is 77.6 cm³/mol. The summed E-state index contributed by atoms with van der Waals surface area (Å²) in [6.45, 7) is 8.10. The maximum atomic E-state index is 9.21. The van der Waals surface area contributed by atoms with Crippen LogP contribution in [0.25, 0.3) is 0 Å². The van der Waals surface area contributed by atoms with E-state index < -0.39 is 0 Å².